The van der Waals surface area contributed by atoms with Gasteiger partial charge in [-0.1, -0.05) is 12.1 Å². The molecule has 0 N–H and O–H groups in total. The lowest BCUT2D eigenvalue weighted by molar-refractivity contribution is -0.387. The summed E-state index contributed by atoms with van der Waals surface area (Å²) in [6.07, 6.45) is 0. The van der Waals surface area contributed by atoms with Gasteiger partial charge in [0.05, 0.1) is 14.7 Å². The summed E-state index contributed by atoms with van der Waals surface area (Å²) in [6, 6.07) is 6.09. The van der Waals surface area contributed by atoms with Gasteiger partial charge in [0.1, 0.15) is 9.79 Å². The molecule has 132 valence electrons. The number of nitro groups is 2. The molecule has 0 heterocycles. The summed E-state index contributed by atoms with van der Waals surface area (Å²) in [5.41, 5.74) is -1.53. The van der Waals surface area contributed by atoms with E-state index in [2.05, 4.69) is 0 Å². The lowest BCUT2D eigenvalue weighted by Crippen LogP contribution is -2.10. The molecule has 0 unspecified atom stereocenters. The van der Waals surface area contributed by atoms with Crippen molar-refractivity contribution in [3.8, 4) is 0 Å². The van der Waals surface area contributed by atoms with E-state index in [1.54, 1.807) is 0 Å². The first kappa shape index (κ1) is 18.8. The summed E-state index contributed by atoms with van der Waals surface area (Å²) in [5, 5.41) is 21.9. The first-order valence-corrected chi connectivity index (χ1v) is 9.97. The van der Waals surface area contributed by atoms with Crippen LogP contribution in [0.4, 0.5) is 11.4 Å². The van der Waals surface area contributed by atoms with Gasteiger partial charge >= 0.3 is 0 Å². The van der Waals surface area contributed by atoms with Crippen molar-refractivity contribution < 1.29 is 26.7 Å². The average molecular weight is 407 g/mol. The van der Waals surface area contributed by atoms with E-state index in [9.17, 15) is 37.1 Å². The third-order valence-electron chi connectivity index (χ3n) is 3.04. The highest BCUT2D eigenvalue weighted by molar-refractivity contribution is 8.14. The van der Waals surface area contributed by atoms with Gasteiger partial charge < -0.3 is 0 Å². The second kappa shape index (κ2) is 6.38. The van der Waals surface area contributed by atoms with Crippen molar-refractivity contribution in [3.63, 3.8) is 0 Å². The Morgan fingerprint density at radius 3 is 1.92 bits per heavy atom. The zero-order valence-corrected chi connectivity index (χ0v) is 14.3. The second-order valence-electron chi connectivity index (χ2n) is 4.55. The van der Waals surface area contributed by atoms with Crippen LogP contribution >= 0.6 is 10.7 Å². The molecular formula is C12H7ClN2O8S2. The van der Waals surface area contributed by atoms with E-state index in [0.717, 1.165) is 18.2 Å². The van der Waals surface area contributed by atoms with E-state index in [1.807, 2.05) is 0 Å². The molecule has 0 radical (unpaired) electrons. The van der Waals surface area contributed by atoms with E-state index in [1.165, 1.54) is 12.1 Å². The van der Waals surface area contributed by atoms with Crippen molar-refractivity contribution in [2.45, 2.75) is 14.7 Å². The first-order chi connectivity index (χ1) is 11.5. The molecule has 2 rings (SSSR count). The molecule has 0 aliphatic rings. The number of para-hydroxylation sites is 1. The molecular weight excluding hydrogens is 400 g/mol. The number of hydrogen-bond donors (Lipinski definition) is 0. The fourth-order valence-electron chi connectivity index (χ4n) is 1.98. The Morgan fingerprint density at radius 2 is 1.40 bits per heavy atom. The number of non-ortho nitro benzene ring substituents is 1. The number of hydrogen-bond acceptors (Lipinski definition) is 8. The van der Waals surface area contributed by atoms with Crippen LogP contribution in [0, 0.1) is 20.2 Å². The highest BCUT2D eigenvalue weighted by atomic mass is 35.7. The monoisotopic (exact) mass is 406 g/mol. The van der Waals surface area contributed by atoms with E-state index in [0.29, 0.717) is 12.1 Å². The van der Waals surface area contributed by atoms with Crippen LogP contribution < -0.4 is 0 Å². The minimum absolute atomic E-state index is 0.487. The number of halogens is 1. The lowest BCUT2D eigenvalue weighted by Gasteiger charge is -2.09. The smallest absolute Gasteiger partial charge is 0.258 e. The van der Waals surface area contributed by atoms with Crippen LogP contribution in [0.1, 0.15) is 0 Å². The lowest BCUT2D eigenvalue weighted by atomic mass is 10.3. The molecule has 0 aliphatic carbocycles. The average Bonchev–Trinajstić information content (AvgIpc) is 2.53. The molecule has 0 aliphatic heterocycles. The molecule has 0 saturated carbocycles. The number of rotatable bonds is 5. The van der Waals surface area contributed by atoms with Crippen LogP contribution in [0.25, 0.3) is 0 Å². The van der Waals surface area contributed by atoms with Crippen LogP contribution in [0.5, 0.6) is 0 Å². The van der Waals surface area contributed by atoms with Crippen molar-refractivity contribution >= 4 is 40.9 Å². The number of nitrogens with zero attached hydrogens (tertiary/aromatic N) is 2. The maximum atomic E-state index is 12.8. The van der Waals surface area contributed by atoms with Gasteiger partial charge in [-0.25, -0.2) is 16.8 Å². The maximum Gasteiger partial charge on any atom is 0.288 e. The van der Waals surface area contributed by atoms with Gasteiger partial charge in [0.15, 0.2) is 0 Å². The summed E-state index contributed by atoms with van der Waals surface area (Å²) >= 11 is 0. The van der Waals surface area contributed by atoms with Crippen LogP contribution in [-0.4, -0.2) is 26.7 Å². The minimum atomic E-state index is -4.79. The molecule has 0 saturated heterocycles. The van der Waals surface area contributed by atoms with E-state index >= 15 is 0 Å². The third-order valence-corrected chi connectivity index (χ3v) is 6.39. The maximum absolute atomic E-state index is 12.8. The second-order valence-corrected chi connectivity index (χ2v) is 8.98. The molecule has 0 aromatic heterocycles. The van der Waals surface area contributed by atoms with E-state index in [4.69, 9.17) is 10.7 Å². The number of nitro benzene ring substituents is 2. The van der Waals surface area contributed by atoms with Crippen LogP contribution in [0.3, 0.4) is 0 Å². The van der Waals surface area contributed by atoms with Gasteiger partial charge in [-0.15, -0.1) is 0 Å². The fourth-order valence-corrected chi connectivity index (χ4v) is 5.23. The van der Waals surface area contributed by atoms with Gasteiger partial charge in [0.2, 0.25) is 9.84 Å². The van der Waals surface area contributed by atoms with E-state index in [-0.39, 0.29) is 0 Å². The zero-order valence-electron chi connectivity index (χ0n) is 11.9. The largest absolute Gasteiger partial charge is 0.288 e. The predicted octanol–water partition coefficient (Wildman–Crippen LogP) is 2.26. The van der Waals surface area contributed by atoms with Crippen molar-refractivity contribution in [1.82, 2.24) is 0 Å². The predicted molar refractivity (Wildman–Crippen MR) is 84.7 cm³/mol. The summed E-state index contributed by atoms with van der Waals surface area (Å²) < 4.78 is 48.8. The highest BCUT2D eigenvalue weighted by Gasteiger charge is 2.33. The van der Waals surface area contributed by atoms with Crippen molar-refractivity contribution in [2.75, 3.05) is 0 Å². The Morgan fingerprint density at radius 1 is 0.800 bits per heavy atom. The molecule has 0 spiro atoms. The van der Waals surface area contributed by atoms with E-state index < -0.39 is 54.8 Å². The Bertz CT molecular complexity index is 1100. The topological polar surface area (TPSA) is 155 Å². The summed E-state index contributed by atoms with van der Waals surface area (Å²) in [4.78, 5) is 17.2. The van der Waals surface area contributed by atoms with Crippen molar-refractivity contribution in [1.29, 1.82) is 0 Å². The Balaban J connectivity index is 2.91. The molecule has 2 aromatic rings. The highest BCUT2D eigenvalue weighted by Crippen LogP contribution is 2.35. The minimum Gasteiger partial charge on any atom is -0.258 e. The van der Waals surface area contributed by atoms with Gasteiger partial charge in [-0.05, 0) is 12.1 Å². The SMILES string of the molecule is O=[N+]([O-])c1ccc(S(=O)(=O)Cl)c(S(=O)(=O)c2ccccc2[N+](=O)[O-])c1. The van der Waals surface area contributed by atoms with Crippen molar-refractivity contribution in [3.05, 3.63) is 62.7 Å². The number of sulfone groups is 1. The zero-order chi connectivity index (χ0) is 19.0. The molecule has 25 heavy (non-hydrogen) atoms. The normalized spacial score (nSPS) is 11.9. The Kier molecular flexibility index (Phi) is 4.79. The van der Waals surface area contributed by atoms with Gasteiger partial charge in [-0.2, -0.15) is 0 Å². The molecule has 0 fully saturated rings. The quantitative estimate of drug-likeness (QED) is 0.416. The number of benzene rings is 2. The van der Waals surface area contributed by atoms with Crippen LogP contribution in [-0.2, 0) is 18.9 Å². The van der Waals surface area contributed by atoms with Gasteiger partial charge in [0.25, 0.3) is 20.4 Å². The molecule has 0 atom stereocenters. The van der Waals surface area contributed by atoms with Gasteiger partial charge in [-0.3, -0.25) is 20.2 Å². The third kappa shape index (κ3) is 3.60. The van der Waals surface area contributed by atoms with Gasteiger partial charge in [0, 0.05) is 28.9 Å². The van der Waals surface area contributed by atoms with Crippen LogP contribution in [0.15, 0.2) is 57.2 Å². The molecule has 13 heteroatoms. The molecule has 10 nitrogen and oxygen atoms in total. The summed E-state index contributed by atoms with van der Waals surface area (Å²) in [7, 11) is -4.20. The standard InChI is InChI=1S/C12H7ClN2O8S2/c13-25(22,23)11-6-5-8(14(16)17)7-12(11)24(20,21)10-4-2-1-3-9(10)15(18)19/h1-7H. The Hall–Kier alpha value is -2.57. The molecule has 2 aromatic carbocycles. The summed E-state index contributed by atoms with van der Waals surface area (Å²) in [6.45, 7) is 0. The molecule has 0 amide bonds. The molecule has 0 bridgehead atoms. The first-order valence-electron chi connectivity index (χ1n) is 6.18. The summed E-state index contributed by atoms with van der Waals surface area (Å²) in [5.74, 6) is 0. The van der Waals surface area contributed by atoms with Crippen molar-refractivity contribution in [2.24, 2.45) is 0 Å². The fraction of sp³-hybridized carbons (Fsp3) is 0. The van der Waals surface area contributed by atoms with Crippen LogP contribution in [0.2, 0.25) is 0 Å². The Labute approximate surface area is 145 Å².